The largest absolute Gasteiger partial charge is 0.317 e. The number of unbranched alkanes of at least 4 members (excludes halogenated alkanes) is 1. The number of hydrogen-bond acceptors (Lipinski definition) is 3. The highest BCUT2D eigenvalue weighted by Gasteiger charge is 2.51. The van der Waals surface area contributed by atoms with Gasteiger partial charge in [-0.3, -0.25) is 10.1 Å². The maximum atomic E-state index is 12.7. The van der Waals surface area contributed by atoms with Crippen molar-refractivity contribution in [2.45, 2.75) is 64.2 Å². The molecule has 1 N–H and O–H groups in total. The van der Waals surface area contributed by atoms with Crippen LogP contribution >= 0.6 is 11.3 Å². The first-order chi connectivity index (χ1) is 9.76. The number of amides is 1. The average molecular weight is 292 g/mol. The number of carbonyl (C=O) groups is 1. The predicted octanol–water partition coefficient (Wildman–Crippen LogP) is 3.54. The molecule has 1 saturated heterocycles. The molecular weight excluding hydrogens is 268 g/mol. The van der Waals surface area contributed by atoms with E-state index in [1.165, 1.54) is 17.7 Å². The first kappa shape index (κ1) is 14.1. The van der Waals surface area contributed by atoms with E-state index >= 15 is 0 Å². The van der Waals surface area contributed by atoms with Gasteiger partial charge in [0.1, 0.15) is 6.17 Å². The van der Waals surface area contributed by atoms with E-state index < -0.39 is 0 Å². The van der Waals surface area contributed by atoms with Gasteiger partial charge in [-0.15, -0.1) is 11.3 Å². The third-order valence-corrected chi connectivity index (χ3v) is 5.54. The SMILES string of the molecule is CCCCC1NC(c2cccs2)N(C2CC2CC)C1=O. The van der Waals surface area contributed by atoms with Crippen LogP contribution in [0.4, 0.5) is 0 Å². The van der Waals surface area contributed by atoms with Crippen LogP contribution in [-0.2, 0) is 4.79 Å². The van der Waals surface area contributed by atoms with E-state index in [4.69, 9.17) is 0 Å². The van der Waals surface area contributed by atoms with Crippen molar-refractivity contribution in [2.75, 3.05) is 0 Å². The first-order valence-electron chi connectivity index (χ1n) is 7.87. The quantitative estimate of drug-likeness (QED) is 0.870. The van der Waals surface area contributed by atoms with Gasteiger partial charge in [0.25, 0.3) is 0 Å². The Kier molecular flexibility index (Phi) is 4.13. The maximum Gasteiger partial charge on any atom is 0.241 e. The second kappa shape index (κ2) is 5.86. The summed E-state index contributed by atoms with van der Waals surface area (Å²) < 4.78 is 0. The molecule has 3 nitrogen and oxygen atoms in total. The number of nitrogens with one attached hydrogen (secondary N) is 1. The second-order valence-electron chi connectivity index (χ2n) is 6.00. The molecular formula is C16H24N2OS. The fourth-order valence-electron chi connectivity index (χ4n) is 3.30. The molecule has 1 aromatic heterocycles. The molecule has 1 aliphatic carbocycles. The summed E-state index contributed by atoms with van der Waals surface area (Å²) in [6.07, 6.45) is 5.73. The fraction of sp³-hybridized carbons (Fsp3) is 0.688. The summed E-state index contributed by atoms with van der Waals surface area (Å²) in [5.41, 5.74) is 0. The zero-order chi connectivity index (χ0) is 14.1. The van der Waals surface area contributed by atoms with E-state index in [2.05, 4.69) is 41.6 Å². The lowest BCUT2D eigenvalue weighted by Gasteiger charge is -2.23. The van der Waals surface area contributed by atoms with Crippen molar-refractivity contribution in [2.24, 2.45) is 5.92 Å². The van der Waals surface area contributed by atoms with Crippen LogP contribution in [0.3, 0.4) is 0 Å². The van der Waals surface area contributed by atoms with E-state index in [9.17, 15) is 4.79 Å². The second-order valence-corrected chi connectivity index (χ2v) is 6.98. The lowest BCUT2D eigenvalue weighted by Crippen LogP contribution is -2.33. The number of nitrogens with zero attached hydrogens (tertiary/aromatic N) is 1. The van der Waals surface area contributed by atoms with Gasteiger partial charge in [0.15, 0.2) is 0 Å². The molecule has 2 aliphatic rings. The van der Waals surface area contributed by atoms with E-state index in [-0.39, 0.29) is 12.2 Å². The molecule has 110 valence electrons. The third-order valence-electron chi connectivity index (χ3n) is 4.62. The van der Waals surface area contributed by atoms with Gasteiger partial charge < -0.3 is 4.90 Å². The van der Waals surface area contributed by atoms with Crippen molar-refractivity contribution in [3.63, 3.8) is 0 Å². The molecule has 20 heavy (non-hydrogen) atoms. The monoisotopic (exact) mass is 292 g/mol. The standard InChI is InChI=1S/C16H24N2OS/c1-3-5-7-12-16(19)18(13-10-11(13)4-2)15(17-12)14-8-6-9-20-14/h6,8-9,11-13,15,17H,3-5,7,10H2,1-2H3. The fourth-order valence-corrected chi connectivity index (χ4v) is 4.08. The summed E-state index contributed by atoms with van der Waals surface area (Å²) in [5.74, 6) is 1.05. The normalized spacial score (nSPS) is 32.9. The van der Waals surface area contributed by atoms with E-state index in [0.29, 0.717) is 17.9 Å². The molecule has 2 fully saturated rings. The van der Waals surface area contributed by atoms with Gasteiger partial charge in [0.05, 0.1) is 6.04 Å². The van der Waals surface area contributed by atoms with Crippen LogP contribution in [0.15, 0.2) is 17.5 Å². The van der Waals surface area contributed by atoms with Gasteiger partial charge in [0.2, 0.25) is 5.91 Å². The molecule has 4 heteroatoms. The average Bonchev–Trinajstić information content (AvgIpc) is 2.88. The van der Waals surface area contributed by atoms with E-state index in [1.807, 2.05) is 0 Å². The maximum absolute atomic E-state index is 12.7. The van der Waals surface area contributed by atoms with Crippen LogP contribution in [0.1, 0.15) is 57.0 Å². The molecule has 3 rings (SSSR count). The van der Waals surface area contributed by atoms with Crippen LogP contribution in [0, 0.1) is 5.92 Å². The van der Waals surface area contributed by atoms with Crippen LogP contribution in [-0.4, -0.2) is 22.9 Å². The van der Waals surface area contributed by atoms with Crippen molar-refractivity contribution in [1.29, 1.82) is 0 Å². The van der Waals surface area contributed by atoms with E-state index in [0.717, 1.165) is 19.3 Å². The highest BCUT2D eigenvalue weighted by Crippen LogP contribution is 2.44. The molecule has 4 unspecified atom stereocenters. The lowest BCUT2D eigenvalue weighted by atomic mass is 10.1. The Morgan fingerprint density at radius 2 is 2.30 bits per heavy atom. The number of thiophene rings is 1. The van der Waals surface area contributed by atoms with Crippen molar-refractivity contribution in [3.8, 4) is 0 Å². The molecule has 1 aliphatic heterocycles. The van der Waals surface area contributed by atoms with Gasteiger partial charge in [-0.2, -0.15) is 0 Å². The zero-order valence-corrected chi connectivity index (χ0v) is 13.2. The molecule has 0 radical (unpaired) electrons. The molecule has 1 amide bonds. The van der Waals surface area contributed by atoms with Gasteiger partial charge in [0, 0.05) is 10.9 Å². The minimum Gasteiger partial charge on any atom is -0.317 e. The summed E-state index contributed by atoms with van der Waals surface area (Å²) in [6, 6.07) is 4.72. The van der Waals surface area contributed by atoms with Crippen LogP contribution < -0.4 is 5.32 Å². The Morgan fingerprint density at radius 3 is 2.90 bits per heavy atom. The highest BCUT2D eigenvalue weighted by atomic mass is 32.1. The smallest absolute Gasteiger partial charge is 0.241 e. The van der Waals surface area contributed by atoms with Gasteiger partial charge in [-0.05, 0) is 30.2 Å². The van der Waals surface area contributed by atoms with Crippen LogP contribution in [0.25, 0.3) is 0 Å². The van der Waals surface area contributed by atoms with Crippen LogP contribution in [0.2, 0.25) is 0 Å². The Balaban J connectivity index is 1.78. The highest BCUT2D eigenvalue weighted by molar-refractivity contribution is 7.10. The Labute approximate surface area is 125 Å². The molecule has 2 heterocycles. The molecule has 0 spiro atoms. The Morgan fingerprint density at radius 1 is 1.45 bits per heavy atom. The number of rotatable bonds is 6. The van der Waals surface area contributed by atoms with Gasteiger partial charge in [-0.1, -0.05) is 39.2 Å². The molecule has 0 bridgehead atoms. The molecule has 0 aromatic carbocycles. The topological polar surface area (TPSA) is 32.3 Å². The van der Waals surface area contributed by atoms with Crippen molar-refractivity contribution in [1.82, 2.24) is 10.2 Å². The van der Waals surface area contributed by atoms with Crippen molar-refractivity contribution in [3.05, 3.63) is 22.4 Å². The molecule has 1 aromatic rings. The summed E-state index contributed by atoms with van der Waals surface area (Å²) >= 11 is 1.75. The minimum atomic E-state index is 0.0279. The molecule has 4 atom stereocenters. The minimum absolute atomic E-state index is 0.0279. The number of carbonyl (C=O) groups excluding carboxylic acids is 1. The number of hydrogen-bond donors (Lipinski definition) is 1. The summed E-state index contributed by atoms with van der Waals surface area (Å²) in [5, 5.41) is 5.68. The predicted molar refractivity (Wildman–Crippen MR) is 82.5 cm³/mol. The summed E-state index contributed by atoms with van der Waals surface area (Å²) in [6.45, 7) is 4.41. The van der Waals surface area contributed by atoms with Crippen LogP contribution in [0.5, 0.6) is 0 Å². The van der Waals surface area contributed by atoms with Crippen molar-refractivity contribution < 1.29 is 4.79 Å². The van der Waals surface area contributed by atoms with Crippen molar-refractivity contribution >= 4 is 17.2 Å². The zero-order valence-electron chi connectivity index (χ0n) is 12.3. The third kappa shape index (κ3) is 2.51. The Hall–Kier alpha value is -0.870. The van der Waals surface area contributed by atoms with Gasteiger partial charge in [-0.25, -0.2) is 0 Å². The molecule has 1 saturated carbocycles. The van der Waals surface area contributed by atoms with E-state index in [1.54, 1.807) is 11.3 Å². The first-order valence-corrected chi connectivity index (χ1v) is 8.75. The summed E-state index contributed by atoms with van der Waals surface area (Å²) in [4.78, 5) is 16.2. The van der Waals surface area contributed by atoms with Gasteiger partial charge >= 0.3 is 0 Å². The lowest BCUT2D eigenvalue weighted by molar-refractivity contribution is -0.131. The Bertz CT molecular complexity index is 459. The summed E-state index contributed by atoms with van der Waals surface area (Å²) in [7, 11) is 0.